The maximum atomic E-state index is 6.74. The Bertz CT molecular complexity index is 1820. The summed E-state index contributed by atoms with van der Waals surface area (Å²) in [5, 5.41) is 15.4. The molecule has 1 aliphatic rings. The van der Waals surface area contributed by atoms with Gasteiger partial charge in [-0.25, -0.2) is 14.3 Å². The third-order valence-corrected chi connectivity index (χ3v) is 15.8. The molecule has 4 aromatic heterocycles. The van der Waals surface area contributed by atoms with Crippen LogP contribution in [0.15, 0.2) is 25.0 Å². The fourth-order valence-electron chi connectivity index (χ4n) is 6.35. The Labute approximate surface area is 324 Å². The highest BCUT2D eigenvalue weighted by atomic mass is 127. The molecular weight excluding hydrogens is 787 g/mol. The van der Waals surface area contributed by atoms with Gasteiger partial charge in [0, 0.05) is 43.9 Å². The molecule has 52 heavy (non-hydrogen) atoms. The summed E-state index contributed by atoms with van der Waals surface area (Å²) in [6, 6.07) is 2.11. The predicted octanol–water partition coefficient (Wildman–Crippen LogP) is 8.46. The van der Waals surface area contributed by atoms with Crippen LogP contribution in [0.1, 0.15) is 92.3 Å². The monoisotopic (exact) mass is 846 g/mol. The van der Waals surface area contributed by atoms with Gasteiger partial charge in [-0.15, -0.1) is 5.10 Å². The van der Waals surface area contributed by atoms with Crippen molar-refractivity contribution in [2.24, 2.45) is 7.05 Å². The highest BCUT2D eigenvalue weighted by molar-refractivity contribution is 14.1. The first-order chi connectivity index (χ1) is 24.5. The summed E-state index contributed by atoms with van der Waals surface area (Å²) in [5.41, 5.74) is 4.48. The highest BCUT2D eigenvalue weighted by Gasteiger charge is 2.38. The van der Waals surface area contributed by atoms with Crippen LogP contribution in [0.5, 0.6) is 11.8 Å². The zero-order valence-electron chi connectivity index (χ0n) is 33.1. The van der Waals surface area contributed by atoms with Crippen LogP contribution in [-0.2, 0) is 29.3 Å². The van der Waals surface area contributed by atoms with Gasteiger partial charge in [-0.3, -0.25) is 9.58 Å². The third kappa shape index (κ3) is 9.11. The van der Waals surface area contributed by atoms with E-state index in [2.05, 4.69) is 105 Å². The van der Waals surface area contributed by atoms with Crippen LogP contribution in [0.3, 0.4) is 0 Å². The summed E-state index contributed by atoms with van der Waals surface area (Å²) >= 11 is 2.39. The molecule has 12 nitrogen and oxygen atoms in total. The van der Waals surface area contributed by atoms with Crippen molar-refractivity contribution in [2.45, 2.75) is 130 Å². The van der Waals surface area contributed by atoms with Gasteiger partial charge in [0.15, 0.2) is 20.2 Å². The Morgan fingerprint density at radius 2 is 1.87 bits per heavy atom. The minimum atomic E-state index is -1.95. The number of fused-ring (bicyclic) bond motifs is 1. The third-order valence-electron chi connectivity index (χ3n) is 10.1. The maximum Gasteiger partial charge on any atom is 0.246 e. The zero-order valence-corrected chi connectivity index (χ0v) is 36.2. The number of halogens is 1. The van der Waals surface area contributed by atoms with Crippen molar-refractivity contribution in [3.63, 3.8) is 0 Å². The molecule has 3 atom stereocenters. The molecule has 1 fully saturated rings. The summed E-state index contributed by atoms with van der Waals surface area (Å²) in [5.74, 6) is 1.36. The topological polar surface area (TPSA) is 107 Å². The van der Waals surface area contributed by atoms with Gasteiger partial charge >= 0.3 is 0 Å². The van der Waals surface area contributed by atoms with E-state index in [0.29, 0.717) is 31.4 Å². The molecule has 14 heteroatoms. The van der Waals surface area contributed by atoms with E-state index in [-0.39, 0.29) is 29.6 Å². The van der Waals surface area contributed by atoms with E-state index in [9.17, 15) is 0 Å². The summed E-state index contributed by atoms with van der Waals surface area (Å²) < 4.78 is 32.5. The molecule has 0 aliphatic carbocycles. The first-order valence-electron chi connectivity index (χ1n) is 18.7. The van der Waals surface area contributed by atoms with Crippen molar-refractivity contribution in [3.8, 4) is 22.9 Å². The van der Waals surface area contributed by atoms with Gasteiger partial charge < -0.3 is 18.6 Å². The Hall–Kier alpha value is -2.79. The van der Waals surface area contributed by atoms with Gasteiger partial charge in [-0.2, -0.15) is 10.2 Å². The Morgan fingerprint density at radius 3 is 2.50 bits per heavy atom. The van der Waals surface area contributed by atoms with Crippen LogP contribution in [0, 0.1) is 3.57 Å². The van der Waals surface area contributed by atoms with Gasteiger partial charge in [0.05, 0.1) is 45.5 Å². The largest absolute Gasteiger partial charge is 0.473 e. The standard InChI is InChI=1S/C38H59IN8O4Si/c1-13-31-29-19-28(20-40-35(29)47(42-31)33-17-15-16-18-48-33)30-21-41-44(10)37(30)50-26(5)22-45(14-2)24-32-34(39)36(49-25(3)4)43-46(32)23-27(6)51-52(11,12)38(7,8)9/h13,19-21,25-27,33H,1,14-18,22-24H2,2-12H3/t26-,27-,33?/m0/s1. The molecule has 4 aromatic rings. The molecule has 5 rings (SSSR count). The number of hydrogen-bond acceptors (Lipinski definition) is 9. The lowest BCUT2D eigenvalue weighted by molar-refractivity contribution is -0.0370. The smallest absolute Gasteiger partial charge is 0.246 e. The quantitative estimate of drug-likeness (QED) is 0.0812. The molecule has 0 radical (unpaired) electrons. The predicted molar refractivity (Wildman–Crippen MR) is 218 cm³/mol. The second kappa shape index (κ2) is 16.7. The number of hydrogen-bond donors (Lipinski definition) is 0. The number of ether oxygens (including phenoxy) is 3. The van der Waals surface area contributed by atoms with Crippen molar-refractivity contribution < 1.29 is 18.6 Å². The van der Waals surface area contributed by atoms with Crippen LogP contribution < -0.4 is 9.47 Å². The van der Waals surface area contributed by atoms with E-state index in [1.54, 1.807) is 10.8 Å². The Morgan fingerprint density at radius 1 is 1.12 bits per heavy atom. The number of rotatable bonds is 16. The van der Waals surface area contributed by atoms with Gasteiger partial charge in [-0.05, 0) is 106 Å². The van der Waals surface area contributed by atoms with E-state index in [1.807, 2.05) is 38.0 Å². The van der Waals surface area contributed by atoms with E-state index >= 15 is 0 Å². The molecule has 0 aromatic carbocycles. The molecule has 1 saturated heterocycles. The van der Waals surface area contributed by atoms with Gasteiger partial charge in [0.1, 0.15) is 6.10 Å². The minimum Gasteiger partial charge on any atom is -0.473 e. The first-order valence-corrected chi connectivity index (χ1v) is 22.6. The summed E-state index contributed by atoms with van der Waals surface area (Å²) in [7, 11) is -0.0394. The molecule has 0 amide bonds. The van der Waals surface area contributed by atoms with Crippen LogP contribution in [-0.4, -0.2) is 85.6 Å². The summed E-state index contributed by atoms with van der Waals surface area (Å²) in [6.45, 7) is 29.6. The van der Waals surface area contributed by atoms with Crippen LogP contribution >= 0.6 is 22.6 Å². The fraction of sp³-hybridized carbons (Fsp3) is 0.632. The lowest BCUT2D eigenvalue weighted by atomic mass is 10.1. The van der Waals surface area contributed by atoms with Crippen molar-refractivity contribution >= 4 is 48.0 Å². The van der Waals surface area contributed by atoms with Gasteiger partial charge in [-0.1, -0.05) is 34.3 Å². The van der Waals surface area contributed by atoms with Crippen LogP contribution in [0.2, 0.25) is 18.1 Å². The normalized spacial score (nSPS) is 16.9. The molecule has 0 bridgehead atoms. The molecule has 0 saturated carbocycles. The molecule has 286 valence electrons. The number of aryl methyl sites for hydroxylation is 1. The molecular formula is C38H59IN8O4Si. The SMILES string of the molecule is C=Cc1nn(C2CCCCO2)c2ncc(-c3cnn(C)c3O[C@@H](C)CN(CC)Cc3c(I)c(OC(C)C)nn3C[C@H](C)O[Si](C)(C)C(C)(C)C)cc12. The first kappa shape index (κ1) is 40.4. The van der Waals surface area contributed by atoms with Crippen molar-refractivity contribution in [1.29, 1.82) is 0 Å². The number of nitrogens with zero attached hydrogens (tertiary/aromatic N) is 8. The van der Waals surface area contributed by atoms with Gasteiger partial charge in [0.2, 0.25) is 11.8 Å². The van der Waals surface area contributed by atoms with Gasteiger partial charge in [0.25, 0.3) is 0 Å². The number of aromatic nitrogens is 7. The van der Waals surface area contributed by atoms with Crippen LogP contribution in [0.4, 0.5) is 0 Å². The van der Waals surface area contributed by atoms with E-state index in [4.69, 9.17) is 33.8 Å². The molecule has 1 aliphatic heterocycles. The molecule has 1 unspecified atom stereocenters. The molecule has 5 heterocycles. The average molecular weight is 847 g/mol. The molecule has 0 N–H and O–H groups in total. The fourth-order valence-corrected chi connectivity index (χ4v) is 8.46. The molecule has 0 spiro atoms. The van der Waals surface area contributed by atoms with E-state index in [0.717, 1.165) is 69.5 Å². The second-order valence-electron chi connectivity index (χ2n) is 15.8. The van der Waals surface area contributed by atoms with Crippen molar-refractivity contribution in [2.75, 3.05) is 19.7 Å². The maximum absolute atomic E-state index is 6.74. The Kier molecular flexibility index (Phi) is 13.0. The number of likely N-dealkylation sites (N-methyl/N-ethyl adjacent to an activating group) is 1. The minimum absolute atomic E-state index is 0.00837. The Balaban J connectivity index is 1.34. The zero-order chi connectivity index (χ0) is 38.0. The number of pyridine rings is 1. The van der Waals surface area contributed by atoms with Crippen molar-refractivity contribution in [3.05, 3.63) is 40.0 Å². The highest BCUT2D eigenvalue weighted by Crippen LogP contribution is 2.38. The average Bonchev–Trinajstić information content (AvgIpc) is 3.72. The van der Waals surface area contributed by atoms with Crippen molar-refractivity contribution in [1.82, 2.24) is 39.2 Å². The lowest BCUT2D eigenvalue weighted by Gasteiger charge is -2.38. The second-order valence-corrected chi connectivity index (χ2v) is 21.6. The summed E-state index contributed by atoms with van der Waals surface area (Å²) in [6.07, 6.45) is 8.38. The lowest BCUT2D eigenvalue weighted by Crippen LogP contribution is -2.44. The van der Waals surface area contributed by atoms with E-state index in [1.165, 1.54) is 0 Å². The van der Waals surface area contributed by atoms with Crippen LogP contribution in [0.25, 0.3) is 28.2 Å². The van der Waals surface area contributed by atoms with E-state index < -0.39 is 8.32 Å². The summed E-state index contributed by atoms with van der Waals surface area (Å²) in [4.78, 5) is 7.26.